The van der Waals surface area contributed by atoms with Crippen LogP contribution in [0.3, 0.4) is 0 Å². The van der Waals surface area contributed by atoms with Crippen LogP contribution in [0.1, 0.15) is 59.3 Å². The van der Waals surface area contributed by atoms with Gasteiger partial charge in [-0.05, 0) is 33.6 Å². The molecule has 0 aliphatic heterocycles. The van der Waals surface area contributed by atoms with Crippen molar-refractivity contribution in [3.8, 4) is 0 Å². The van der Waals surface area contributed by atoms with Gasteiger partial charge in [-0.2, -0.15) is 0 Å². The van der Waals surface area contributed by atoms with E-state index in [1.54, 1.807) is 0 Å². The highest BCUT2D eigenvalue weighted by Crippen LogP contribution is 2.26. The Kier molecular flexibility index (Phi) is 5.90. The Hall–Kier alpha value is -0.120. The molecular weight excluding hydrogens is 214 g/mol. The summed E-state index contributed by atoms with van der Waals surface area (Å²) >= 11 is 0. The van der Waals surface area contributed by atoms with Gasteiger partial charge in [-0.1, -0.05) is 25.7 Å². The van der Waals surface area contributed by atoms with Gasteiger partial charge in [0, 0.05) is 13.1 Å². The minimum absolute atomic E-state index is 0.0686. The zero-order valence-corrected chi connectivity index (χ0v) is 11.7. The molecule has 0 spiro atoms. The summed E-state index contributed by atoms with van der Waals surface area (Å²) in [6.45, 7) is 8.42. The molecule has 0 unspecified atom stereocenters. The molecule has 0 radical (unpaired) electrons. The average Bonchev–Trinajstić information content (AvgIpc) is 2.41. The highest BCUT2D eigenvalue weighted by Gasteiger charge is 2.27. The standard InChI is InChI=1S/C14H29NO2/c1-13(2,3)17-11-10-15-12-14(16)8-6-4-5-7-9-14/h15-16H,4-12H2,1-3H3. The van der Waals surface area contributed by atoms with Gasteiger partial charge in [0.1, 0.15) is 0 Å². The second-order valence-corrected chi connectivity index (χ2v) is 6.28. The molecule has 3 nitrogen and oxygen atoms in total. The van der Waals surface area contributed by atoms with Gasteiger partial charge in [0.2, 0.25) is 0 Å². The predicted molar refractivity (Wildman–Crippen MR) is 71.2 cm³/mol. The predicted octanol–water partition coefficient (Wildman–Crippen LogP) is 2.48. The van der Waals surface area contributed by atoms with Crippen LogP contribution in [0.25, 0.3) is 0 Å². The van der Waals surface area contributed by atoms with Crippen molar-refractivity contribution >= 4 is 0 Å². The Balaban J connectivity index is 2.12. The van der Waals surface area contributed by atoms with Gasteiger partial charge >= 0.3 is 0 Å². The first-order valence-electron chi connectivity index (χ1n) is 6.98. The summed E-state index contributed by atoms with van der Waals surface area (Å²) in [5, 5.41) is 13.7. The van der Waals surface area contributed by atoms with Crippen LogP contribution in [-0.2, 0) is 4.74 Å². The lowest BCUT2D eigenvalue weighted by Gasteiger charge is -2.27. The Labute approximate surface area is 106 Å². The summed E-state index contributed by atoms with van der Waals surface area (Å²) in [5.41, 5.74) is -0.543. The fourth-order valence-electron chi connectivity index (χ4n) is 2.31. The van der Waals surface area contributed by atoms with Gasteiger partial charge in [0.05, 0.1) is 17.8 Å². The van der Waals surface area contributed by atoms with E-state index in [4.69, 9.17) is 4.74 Å². The molecule has 102 valence electrons. The molecule has 0 aromatic carbocycles. The van der Waals surface area contributed by atoms with E-state index in [2.05, 4.69) is 26.1 Å². The van der Waals surface area contributed by atoms with Crippen LogP contribution in [0.15, 0.2) is 0 Å². The van der Waals surface area contributed by atoms with Crippen molar-refractivity contribution in [1.82, 2.24) is 5.32 Å². The average molecular weight is 243 g/mol. The molecule has 0 heterocycles. The lowest BCUT2D eigenvalue weighted by molar-refractivity contribution is -0.00713. The summed E-state index contributed by atoms with van der Waals surface area (Å²) in [6.07, 6.45) is 6.76. The van der Waals surface area contributed by atoms with Gasteiger partial charge < -0.3 is 15.2 Å². The molecule has 1 aliphatic carbocycles. The van der Waals surface area contributed by atoms with Crippen molar-refractivity contribution in [3.63, 3.8) is 0 Å². The Morgan fingerprint density at radius 1 is 1.12 bits per heavy atom. The number of nitrogens with one attached hydrogen (secondary N) is 1. The summed E-state index contributed by atoms with van der Waals surface area (Å²) < 4.78 is 5.63. The molecule has 0 amide bonds. The van der Waals surface area contributed by atoms with E-state index in [1.165, 1.54) is 12.8 Å². The van der Waals surface area contributed by atoms with E-state index in [0.717, 1.165) is 32.2 Å². The number of ether oxygens (including phenoxy) is 1. The monoisotopic (exact) mass is 243 g/mol. The Morgan fingerprint density at radius 2 is 1.71 bits per heavy atom. The molecule has 17 heavy (non-hydrogen) atoms. The summed E-state index contributed by atoms with van der Waals surface area (Å²) in [6, 6.07) is 0. The Morgan fingerprint density at radius 3 is 2.24 bits per heavy atom. The quantitative estimate of drug-likeness (QED) is 0.576. The Bertz CT molecular complexity index is 203. The second kappa shape index (κ2) is 6.72. The van der Waals surface area contributed by atoms with Crippen molar-refractivity contribution in [3.05, 3.63) is 0 Å². The van der Waals surface area contributed by atoms with Gasteiger partial charge in [0.25, 0.3) is 0 Å². The summed E-state index contributed by atoms with van der Waals surface area (Å²) in [4.78, 5) is 0. The van der Waals surface area contributed by atoms with Gasteiger partial charge in [-0.15, -0.1) is 0 Å². The maximum absolute atomic E-state index is 10.4. The highest BCUT2D eigenvalue weighted by atomic mass is 16.5. The molecule has 1 rings (SSSR count). The van der Waals surface area contributed by atoms with Crippen molar-refractivity contribution in [2.45, 2.75) is 70.5 Å². The normalized spacial score (nSPS) is 21.2. The number of hydrogen-bond acceptors (Lipinski definition) is 3. The molecule has 0 aromatic heterocycles. The molecule has 1 saturated carbocycles. The fraction of sp³-hybridized carbons (Fsp3) is 1.00. The largest absolute Gasteiger partial charge is 0.389 e. The molecular formula is C14H29NO2. The van der Waals surface area contributed by atoms with Crippen LogP contribution >= 0.6 is 0 Å². The lowest BCUT2D eigenvalue weighted by atomic mass is 9.94. The lowest BCUT2D eigenvalue weighted by Crippen LogP contribution is -2.41. The first kappa shape index (κ1) is 14.9. The number of hydrogen-bond donors (Lipinski definition) is 2. The third kappa shape index (κ3) is 7.02. The third-order valence-electron chi connectivity index (χ3n) is 3.30. The summed E-state index contributed by atoms with van der Waals surface area (Å²) in [7, 11) is 0. The van der Waals surface area contributed by atoms with E-state index in [1.807, 2.05) is 0 Å². The van der Waals surface area contributed by atoms with Crippen LogP contribution in [0.2, 0.25) is 0 Å². The van der Waals surface area contributed by atoms with Gasteiger partial charge in [0.15, 0.2) is 0 Å². The van der Waals surface area contributed by atoms with Crippen LogP contribution in [0.5, 0.6) is 0 Å². The molecule has 0 atom stereocenters. The molecule has 0 aromatic rings. The first-order chi connectivity index (χ1) is 7.91. The van der Waals surface area contributed by atoms with E-state index >= 15 is 0 Å². The molecule has 1 fully saturated rings. The summed E-state index contributed by atoms with van der Waals surface area (Å²) in [5.74, 6) is 0. The minimum atomic E-state index is -0.474. The van der Waals surface area contributed by atoms with E-state index in [-0.39, 0.29) is 5.60 Å². The smallest absolute Gasteiger partial charge is 0.0771 e. The van der Waals surface area contributed by atoms with E-state index < -0.39 is 5.60 Å². The van der Waals surface area contributed by atoms with E-state index in [0.29, 0.717) is 13.2 Å². The van der Waals surface area contributed by atoms with Gasteiger partial charge in [-0.25, -0.2) is 0 Å². The van der Waals surface area contributed by atoms with Crippen LogP contribution in [-0.4, -0.2) is 36.0 Å². The van der Waals surface area contributed by atoms with Gasteiger partial charge in [-0.3, -0.25) is 0 Å². The molecule has 2 N–H and O–H groups in total. The third-order valence-corrected chi connectivity index (χ3v) is 3.30. The first-order valence-corrected chi connectivity index (χ1v) is 6.98. The van der Waals surface area contributed by atoms with Crippen LogP contribution in [0, 0.1) is 0 Å². The molecule has 0 bridgehead atoms. The second-order valence-electron chi connectivity index (χ2n) is 6.28. The number of aliphatic hydroxyl groups is 1. The minimum Gasteiger partial charge on any atom is -0.389 e. The topological polar surface area (TPSA) is 41.5 Å². The highest BCUT2D eigenvalue weighted by molar-refractivity contribution is 4.83. The van der Waals surface area contributed by atoms with Crippen LogP contribution in [0.4, 0.5) is 0 Å². The fourth-order valence-corrected chi connectivity index (χ4v) is 2.31. The zero-order valence-electron chi connectivity index (χ0n) is 11.7. The van der Waals surface area contributed by atoms with Crippen molar-refractivity contribution < 1.29 is 9.84 Å². The molecule has 0 saturated heterocycles. The van der Waals surface area contributed by atoms with Crippen molar-refractivity contribution in [2.75, 3.05) is 19.7 Å². The SMILES string of the molecule is CC(C)(C)OCCNCC1(O)CCCCCC1. The maximum atomic E-state index is 10.4. The van der Waals surface area contributed by atoms with Crippen LogP contribution < -0.4 is 5.32 Å². The van der Waals surface area contributed by atoms with Crippen molar-refractivity contribution in [2.24, 2.45) is 0 Å². The molecule has 1 aliphatic rings. The number of rotatable bonds is 5. The zero-order chi connectivity index (χ0) is 12.8. The maximum Gasteiger partial charge on any atom is 0.0771 e. The van der Waals surface area contributed by atoms with Crippen molar-refractivity contribution in [1.29, 1.82) is 0 Å². The molecule has 3 heteroatoms. The van der Waals surface area contributed by atoms with E-state index in [9.17, 15) is 5.11 Å².